The van der Waals surface area contributed by atoms with E-state index in [-0.39, 0.29) is 12.3 Å². The van der Waals surface area contributed by atoms with E-state index in [0.717, 1.165) is 12.8 Å². The molecule has 1 aromatic rings. The van der Waals surface area contributed by atoms with E-state index in [1.165, 1.54) is 12.5 Å². The van der Waals surface area contributed by atoms with Crippen molar-refractivity contribution >= 4 is 17.3 Å². The molecule has 1 aliphatic rings. The normalized spacial score (nSPS) is 22.1. The zero-order valence-electron chi connectivity index (χ0n) is 11.3. The largest absolute Gasteiger partial charge is 0.376 e. The predicted molar refractivity (Wildman–Crippen MR) is 77.6 cm³/mol. The van der Waals surface area contributed by atoms with Crippen LogP contribution in [0.3, 0.4) is 0 Å². The number of ether oxygens (including phenoxy) is 1. The van der Waals surface area contributed by atoms with Crippen LogP contribution < -0.4 is 5.73 Å². The fourth-order valence-corrected chi connectivity index (χ4v) is 2.96. The van der Waals surface area contributed by atoms with E-state index in [2.05, 4.69) is 0 Å². The summed E-state index contributed by atoms with van der Waals surface area (Å²) in [7, 11) is 0. The molecule has 2 N–H and O–H groups in total. The summed E-state index contributed by atoms with van der Waals surface area (Å²) < 4.78 is 5.66. The fourth-order valence-electron chi connectivity index (χ4n) is 2.79. The summed E-state index contributed by atoms with van der Waals surface area (Å²) in [5.74, 6) is 1.00. The molecule has 2 unspecified atom stereocenters. The van der Waals surface area contributed by atoms with Gasteiger partial charge in [0, 0.05) is 11.1 Å². The fraction of sp³-hybridized carbons (Fsp3) is 0.571. The van der Waals surface area contributed by atoms with Crippen LogP contribution in [0.4, 0.5) is 5.69 Å². The molecule has 1 saturated carbocycles. The molecule has 6 heteroatoms. The molecular weight excluding hydrogens is 280 g/mol. The van der Waals surface area contributed by atoms with E-state index in [4.69, 9.17) is 22.1 Å². The Bertz CT molecular complexity index is 481. The Hall–Kier alpha value is -1.17. The van der Waals surface area contributed by atoms with Crippen molar-refractivity contribution in [1.82, 2.24) is 0 Å². The lowest BCUT2D eigenvalue weighted by atomic mass is 9.97. The van der Waals surface area contributed by atoms with Crippen LogP contribution in [0.2, 0.25) is 5.02 Å². The number of nitrogens with two attached hydrogens (primary N) is 1. The third-order valence-electron chi connectivity index (χ3n) is 3.95. The molecule has 0 spiro atoms. The van der Waals surface area contributed by atoms with Crippen LogP contribution in [0, 0.1) is 22.0 Å². The lowest BCUT2D eigenvalue weighted by molar-refractivity contribution is -0.385. The van der Waals surface area contributed by atoms with Crippen molar-refractivity contribution in [3.8, 4) is 0 Å². The first-order valence-electron chi connectivity index (χ1n) is 6.82. The monoisotopic (exact) mass is 298 g/mol. The first-order valence-corrected chi connectivity index (χ1v) is 7.20. The van der Waals surface area contributed by atoms with Gasteiger partial charge in [0.15, 0.2) is 0 Å². The van der Waals surface area contributed by atoms with Gasteiger partial charge in [-0.1, -0.05) is 18.0 Å². The van der Waals surface area contributed by atoms with Crippen molar-refractivity contribution in [2.45, 2.75) is 25.9 Å². The summed E-state index contributed by atoms with van der Waals surface area (Å²) in [5.41, 5.74) is 6.30. The third kappa shape index (κ3) is 3.69. The van der Waals surface area contributed by atoms with Crippen LogP contribution in [-0.4, -0.2) is 18.1 Å². The van der Waals surface area contributed by atoms with Gasteiger partial charge in [-0.25, -0.2) is 0 Å². The molecule has 110 valence electrons. The highest BCUT2D eigenvalue weighted by Gasteiger charge is 2.26. The number of nitro groups is 1. The number of hydrogen-bond acceptors (Lipinski definition) is 4. The molecule has 1 fully saturated rings. The van der Waals surface area contributed by atoms with Gasteiger partial charge in [0.1, 0.15) is 0 Å². The second-order valence-corrected chi connectivity index (χ2v) is 5.67. The first-order chi connectivity index (χ1) is 9.61. The van der Waals surface area contributed by atoms with Gasteiger partial charge in [-0.2, -0.15) is 0 Å². The second-order valence-electron chi connectivity index (χ2n) is 5.23. The second kappa shape index (κ2) is 7.02. The zero-order chi connectivity index (χ0) is 14.5. The van der Waals surface area contributed by atoms with E-state index < -0.39 is 4.92 Å². The minimum absolute atomic E-state index is 0.0132. The van der Waals surface area contributed by atoms with E-state index >= 15 is 0 Å². The maximum absolute atomic E-state index is 11.0. The van der Waals surface area contributed by atoms with E-state index in [0.29, 0.717) is 35.6 Å². The molecule has 2 atom stereocenters. The molecule has 0 saturated heterocycles. The summed E-state index contributed by atoms with van der Waals surface area (Å²) in [6.07, 6.45) is 3.48. The smallest absolute Gasteiger partial charge is 0.276 e. The quantitative estimate of drug-likeness (QED) is 0.646. The van der Waals surface area contributed by atoms with Gasteiger partial charge in [-0.15, -0.1) is 0 Å². The number of nitrogens with zero attached hydrogens (tertiary/aromatic N) is 1. The van der Waals surface area contributed by atoms with Gasteiger partial charge in [0.2, 0.25) is 0 Å². The van der Waals surface area contributed by atoms with Gasteiger partial charge >= 0.3 is 0 Å². The van der Waals surface area contributed by atoms with Crippen molar-refractivity contribution in [3.05, 3.63) is 38.9 Å². The number of halogens is 1. The summed E-state index contributed by atoms with van der Waals surface area (Å²) in [5, 5.41) is 11.3. The standard InChI is InChI=1S/C14H19ClN2O3/c15-13-5-4-12(14(6-13)17(18)19)9-20-8-11-3-1-2-10(11)7-16/h4-6,10-11H,1-3,7-9,16H2. The molecule has 0 radical (unpaired) electrons. The molecule has 0 aliphatic heterocycles. The van der Waals surface area contributed by atoms with E-state index in [1.54, 1.807) is 12.1 Å². The predicted octanol–water partition coefficient (Wildman–Crippen LogP) is 3.14. The highest BCUT2D eigenvalue weighted by atomic mass is 35.5. The van der Waals surface area contributed by atoms with Crippen molar-refractivity contribution < 1.29 is 9.66 Å². The van der Waals surface area contributed by atoms with Crippen LogP contribution in [-0.2, 0) is 11.3 Å². The highest BCUT2D eigenvalue weighted by Crippen LogP contribution is 2.31. The molecule has 5 nitrogen and oxygen atoms in total. The van der Waals surface area contributed by atoms with E-state index in [9.17, 15) is 10.1 Å². The number of rotatable bonds is 6. The number of hydrogen-bond donors (Lipinski definition) is 1. The Morgan fingerprint density at radius 1 is 1.40 bits per heavy atom. The lowest BCUT2D eigenvalue weighted by Gasteiger charge is -2.17. The van der Waals surface area contributed by atoms with Crippen LogP contribution >= 0.6 is 11.6 Å². The van der Waals surface area contributed by atoms with E-state index in [1.807, 2.05) is 0 Å². The Balaban J connectivity index is 1.92. The van der Waals surface area contributed by atoms with Gasteiger partial charge in [0.05, 0.1) is 23.7 Å². The first kappa shape index (κ1) is 15.2. The minimum atomic E-state index is -0.428. The molecule has 2 rings (SSSR count). The number of nitro benzene ring substituents is 1. The maximum atomic E-state index is 11.0. The zero-order valence-corrected chi connectivity index (χ0v) is 12.0. The average Bonchev–Trinajstić information content (AvgIpc) is 2.87. The van der Waals surface area contributed by atoms with Crippen molar-refractivity contribution in [1.29, 1.82) is 0 Å². The third-order valence-corrected chi connectivity index (χ3v) is 4.19. The van der Waals surface area contributed by atoms with Gasteiger partial charge in [-0.05, 0) is 43.4 Å². The molecule has 0 bridgehead atoms. The van der Waals surface area contributed by atoms with Crippen molar-refractivity contribution in [2.75, 3.05) is 13.2 Å². The molecule has 1 aliphatic carbocycles. The Morgan fingerprint density at radius 3 is 2.85 bits per heavy atom. The van der Waals surface area contributed by atoms with Crippen LogP contribution in [0.5, 0.6) is 0 Å². The summed E-state index contributed by atoms with van der Waals surface area (Å²) in [4.78, 5) is 10.5. The average molecular weight is 299 g/mol. The molecular formula is C14H19ClN2O3. The molecule has 20 heavy (non-hydrogen) atoms. The Labute approximate surface area is 123 Å². The topological polar surface area (TPSA) is 78.4 Å². The molecule has 0 heterocycles. The van der Waals surface area contributed by atoms with Crippen molar-refractivity contribution in [2.24, 2.45) is 17.6 Å². The Morgan fingerprint density at radius 2 is 2.15 bits per heavy atom. The van der Waals surface area contributed by atoms with Crippen LogP contribution in [0.15, 0.2) is 18.2 Å². The van der Waals surface area contributed by atoms with Gasteiger partial charge < -0.3 is 10.5 Å². The lowest BCUT2D eigenvalue weighted by Crippen LogP contribution is -2.22. The summed E-state index contributed by atoms with van der Waals surface area (Å²) in [6, 6.07) is 4.65. The molecule has 1 aromatic carbocycles. The molecule has 0 aromatic heterocycles. The SMILES string of the molecule is NCC1CCCC1COCc1ccc(Cl)cc1[N+](=O)[O-]. The number of benzene rings is 1. The van der Waals surface area contributed by atoms with Gasteiger partial charge in [-0.3, -0.25) is 10.1 Å². The minimum Gasteiger partial charge on any atom is -0.376 e. The summed E-state index contributed by atoms with van der Waals surface area (Å²) in [6.45, 7) is 1.54. The van der Waals surface area contributed by atoms with Gasteiger partial charge in [0.25, 0.3) is 5.69 Å². The van der Waals surface area contributed by atoms with Crippen molar-refractivity contribution in [3.63, 3.8) is 0 Å². The Kier molecular flexibility index (Phi) is 5.34. The summed E-state index contributed by atoms with van der Waals surface area (Å²) >= 11 is 5.78. The van der Waals surface area contributed by atoms with Crippen LogP contribution in [0.25, 0.3) is 0 Å². The van der Waals surface area contributed by atoms with Crippen LogP contribution in [0.1, 0.15) is 24.8 Å². The molecule has 0 amide bonds. The maximum Gasteiger partial charge on any atom is 0.276 e. The highest BCUT2D eigenvalue weighted by molar-refractivity contribution is 6.30.